The van der Waals surface area contributed by atoms with Gasteiger partial charge in [-0.25, -0.2) is 9.97 Å². The average Bonchev–Trinajstić information content (AvgIpc) is 3.16. The Morgan fingerprint density at radius 3 is 2.42 bits per heavy atom. The van der Waals surface area contributed by atoms with E-state index in [1.54, 1.807) is 67.8 Å². The van der Waals surface area contributed by atoms with Crippen LogP contribution in [0.5, 0.6) is 11.5 Å². The van der Waals surface area contributed by atoms with E-state index >= 15 is 0 Å². The largest absolute Gasteiger partial charge is 0.497 e. The summed E-state index contributed by atoms with van der Waals surface area (Å²) in [6.45, 7) is 0. The molecule has 1 amide bonds. The first-order valence-electron chi connectivity index (χ1n) is 7.18. The number of benzene rings is 1. The highest BCUT2D eigenvalue weighted by atomic mass is 16.5. The molecule has 0 fully saturated rings. The molecule has 7 heteroatoms. The number of pyridine rings is 1. The predicted octanol–water partition coefficient (Wildman–Crippen LogP) is 2.54. The van der Waals surface area contributed by atoms with Gasteiger partial charge in [-0.05, 0) is 12.1 Å². The van der Waals surface area contributed by atoms with Crippen molar-refractivity contribution in [2.24, 2.45) is 0 Å². The molecule has 0 unspecified atom stereocenters. The van der Waals surface area contributed by atoms with Gasteiger partial charge in [-0.15, -0.1) is 0 Å². The summed E-state index contributed by atoms with van der Waals surface area (Å²) in [4.78, 5) is 20.6. The highest BCUT2D eigenvalue weighted by Crippen LogP contribution is 2.26. The zero-order valence-corrected chi connectivity index (χ0v) is 13.3. The van der Waals surface area contributed by atoms with Crippen molar-refractivity contribution in [3.63, 3.8) is 0 Å². The molecule has 1 aromatic carbocycles. The minimum atomic E-state index is -0.269. The van der Waals surface area contributed by atoms with Gasteiger partial charge in [-0.2, -0.15) is 0 Å². The van der Waals surface area contributed by atoms with Gasteiger partial charge < -0.3 is 14.8 Å². The summed E-state index contributed by atoms with van der Waals surface area (Å²) in [5.74, 6) is 1.61. The molecule has 0 aliphatic carbocycles. The molecule has 0 spiro atoms. The van der Waals surface area contributed by atoms with Crippen LogP contribution in [-0.2, 0) is 0 Å². The van der Waals surface area contributed by atoms with Crippen LogP contribution in [0.4, 0.5) is 5.69 Å². The normalized spacial score (nSPS) is 10.2. The van der Waals surface area contributed by atoms with Crippen LogP contribution in [0.1, 0.15) is 10.4 Å². The summed E-state index contributed by atoms with van der Waals surface area (Å²) in [6.07, 6.45) is 6.61. The number of hydrogen-bond acceptors (Lipinski definition) is 5. The van der Waals surface area contributed by atoms with Gasteiger partial charge in [0.25, 0.3) is 5.91 Å². The molecule has 0 aliphatic heterocycles. The van der Waals surface area contributed by atoms with Gasteiger partial charge in [0, 0.05) is 42.5 Å². The number of carbonyl (C=O) groups is 1. The lowest BCUT2D eigenvalue weighted by Crippen LogP contribution is -2.12. The lowest BCUT2D eigenvalue weighted by atomic mass is 10.2. The molecule has 122 valence electrons. The number of amides is 1. The van der Waals surface area contributed by atoms with E-state index in [-0.39, 0.29) is 5.91 Å². The van der Waals surface area contributed by atoms with E-state index in [1.807, 2.05) is 0 Å². The van der Waals surface area contributed by atoms with Crippen LogP contribution in [0.2, 0.25) is 0 Å². The average molecular weight is 324 g/mol. The number of anilines is 1. The number of hydrogen-bond donors (Lipinski definition) is 1. The summed E-state index contributed by atoms with van der Waals surface area (Å²) in [7, 11) is 3.11. The van der Waals surface area contributed by atoms with Gasteiger partial charge in [-0.1, -0.05) is 0 Å². The molecule has 3 rings (SSSR count). The first kappa shape index (κ1) is 15.5. The topological polar surface area (TPSA) is 78.3 Å². The van der Waals surface area contributed by atoms with Crippen LogP contribution in [0.25, 0.3) is 5.82 Å². The monoisotopic (exact) mass is 324 g/mol. The third-order valence-electron chi connectivity index (χ3n) is 3.39. The number of aromatic nitrogens is 3. The zero-order valence-electron chi connectivity index (χ0n) is 13.3. The molecule has 2 heterocycles. The summed E-state index contributed by atoms with van der Waals surface area (Å²) in [5.41, 5.74) is 1.02. The minimum Gasteiger partial charge on any atom is -0.497 e. The second-order valence-electron chi connectivity index (χ2n) is 4.93. The van der Waals surface area contributed by atoms with Gasteiger partial charge in [0.1, 0.15) is 23.6 Å². The van der Waals surface area contributed by atoms with Gasteiger partial charge in [-0.3, -0.25) is 9.36 Å². The van der Waals surface area contributed by atoms with E-state index in [0.29, 0.717) is 28.6 Å². The molecule has 0 bridgehead atoms. The highest BCUT2D eigenvalue weighted by molar-refractivity contribution is 6.04. The smallest absolute Gasteiger partial charge is 0.257 e. The first-order chi connectivity index (χ1) is 11.7. The van der Waals surface area contributed by atoms with Gasteiger partial charge in [0.15, 0.2) is 0 Å². The Bertz CT molecular complexity index is 807. The summed E-state index contributed by atoms with van der Waals surface area (Å²) in [5, 5.41) is 2.80. The third-order valence-corrected chi connectivity index (χ3v) is 3.39. The SMILES string of the molecule is COc1cc(NC(=O)c2ccc(-n3ccnc3)nc2)cc(OC)c1. The van der Waals surface area contributed by atoms with Crippen LogP contribution >= 0.6 is 0 Å². The van der Waals surface area contributed by atoms with Crippen LogP contribution in [0.3, 0.4) is 0 Å². The van der Waals surface area contributed by atoms with E-state index < -0.39 is 0 Å². The van der Waals surface area contributed by atoms with E-state index in [9.17, 15) is 4.79 Å². The standard InChI is InChI=1S/C17H16N4O3/c1-23-14-7-13(8-15(9-14)24-2)20-17(22)12-3-4-16(19-10-12)21-6-5-18-11-21/h3-11H,1-2H3,(H,20,22). The number of nitrogens with zero attached hydrogens (tertiary/aromatic N) is 3. The zero-order chi connectivity index (χ0) is 16.9. The molecule has 0 saturated heterocycles. The molecule has 0 saturated carbocycles. The Balaban J connectivity index is 1.77. The van der Waals surface area contributed by atoms with E-state index in [1.165, 1.54) is 6.20 Å². The molecule has 0 radical (unpaired) electrons. The summed E-state index contributed by atoms with van der Waals surface area (Å²) >= 11 is 0. The maximum atomic E-state index is 12.4. The number of imidazole rings is 1. The number of carbonyl (C=O) groups excluding carboxylic acids is 1. The minimum absolute atomic E-state index is 0.269. The molecular formula is C17H16N4O3. The Hall–Kier alpha value is -3.35. The van der Waals surface area contributed by atoms with Crippen molar-refractivity contribution < 1.29 is 14.3 Å². The van der Waals surface area contributed by atoms with Crippen molar-refractivity contribution in [3.05, 3.63) is 60.8 Å². The van der Waals surface area contributed by atoms with Crippen molar-refractivity contribution in [2.45, 2.75) is 0 Å². The second-order valence-corrected chi connectivity index (χ2v) is 4.93. The fraction of sp³-hybridized carbons (Fsp3) is 0.118. The number of nitrogens with one attached hydrogen (secondary N) is 1. The van der Waals surface area contributed by atoms with Crippen molar-refractivity contribution in [1.82, 2.24) is 14.5 Å². The molecule has 0 aliphatic rings. The lowest BCUT2D eigenvalue weighted by molar-refractivity contribution is 0.102. The molecule has 7 nitrogen and oxygen atoms in total. The maximum absolute atomic E-state index is 12.4. The second kappa shape index (κ2) is 6.82. The predicted molar refractivity (Wildman–Crippen MR) is 88.9 cm³/mol. The molecule has 0 atom stereocenters. The van der Waals surface area contributed by atoms with Crippen LogP contribution in [0, 0.1) is 0 Å². The first-order valence-corrected chi connectivity index (χ1v) is 7.18. The molecule has 24 heavy (non-hydrogen) atoms. The number of methoxy groups -OCH3 is 2. The van der Waals surface area contributed by atoms with Gasteiger partial charge >= 0.3 is 0 Å². The Labute approximate surface area is 138 Å². The lowest BCUT2D eigenvalue weighted by Gasteiger charge is -2.10. The fourth-order valence-corrected chi connectivity index (χ4v) is 2.15. The summed E-state index contributed by atoms with van der Waals surface area (Å²) in [6, 6.07) is 8.62. The Morgan fingerprint density at radius 1 is 1.12 bits per heavy atom. The Morgan fingerprint density at radius 2 is 1.88 bits per heavy atom. The highest BCUT2D eigenvalue weighted by Gasteiger charge is 2.09. The summed E-state index contributed by atoms with van der Waals surface area (Å²) < 4.78 is 12.1. The number of ether oxygens (including phenoxy) is 2. The number of rotatable bonds is 5. The van der Waals surface area contributed by atoms with E-state index in [0.717, 1.165) is 0 Å². The van der Waals surface area contributed by atoms with Crippen molar-refractivity contribution >= 4 is 11.6 Å². The molecular weight excluding hydrogens is 308 g/mol. The molecule has 2 aromatic heterocycles. The van der Waals surface area contributed by atoms with E-state index in [4.69, 9.17) is 9.47 Å². The van der Waals surface area contributed by atoms with Crippen molar-refractivity contribution in [3.8, 4) is 17.3 Å². The quantitative estimate of drug-likeness (QED) is 0.780. The van der Waals surface area contributed by atoms with E-state index in [2.05, 4.69) is 15.3 Å². The van der Waals surface area contributed by atoms with Gasteiger partial charge in [0.2, 0.25) is 0 Å². The molecule has 1 N–H and O–H groups in total. The Kier molecular flexibility index (Phi) is 4.42. The maximum Gasteiger partial charge on any atom is 0.257 e. The van der Waals surface area contributed by atoms with Gasteiger partial charge in [0.05, 0.1) is 19.8 Å². The van der Waals surface area contributed by atoms with Crippen molar-refractivity contribution in [2.75, 3.05) is 19.5 Å². The fourth-order valence-electron chi connectivity index (χ4n) is 2.15. The molecule has 3 aromatic rings. The van der Waals surface area contributed by atoms with Crippen LogP contribution < -0.4 is 14.8 Å². The van der Waals surface area contributed by atoms with Crippen LogP contribution in [-0.4, -0.2) is 34.7 Å². The van der Waals surface area contributed by atoms with Crippen LogP contribution in [0.15, 0.2) is 55.2 Å². The third kappa shape index (κ3) is 3.35. The van der Waals surface area contributed by atoms with Crippen molar-refractivity contribution in [1.29, 1.82) is 0 Å².